The van der Waals surface area contributed by atoms with Crippen molar-refractivity contribution in [2.24, 2.45) is 0 Å². The predicted octanol–water partition coefficient (Wildman–Crippen LogP) is 4.24. The second kappa shape index (κ2) is 10.8. The molecule has 0 aromatic heterocycles. The molecule has 0 aromatic rings. The number of unbranched alkanes of at least 4 members (excludes halogenated alkanes) is 6. The lowest BCUT2D eigenvalue weighted by atomic mass is 10.0. The van der Waals surface area contributed by atoms with Crippen molar-refractivity contribution in [3.05, 3.63) is 0 Å². The summed E-state index contributed by atoms with van der Waals surface area (Å²) in [5, 5.41) is 0. The van der Waals surface area contributed by atoms with Crippen LogP contribution in [0.2, 0.25) is 0 Å². The average molecular weight is 255 g/mol. The van der Waals surface area contributed by atoms with Crippen molar-refractivity contribution in [1.29, 1.82) is 0 Å². The summed E-state index contributed by atoms with van der Waals surface area (Å²) in [5.74, 6) is 0. The lowest BCUT2D eigenvalue weighted by Crippen LogP contribution is -2.43. The Hall–Kier alpha value is -0.0800. The van der Waals surface area contributed by atoms with E-state index < -0.39 is 0 Å². The number of rotatable bonds is 10. The van der Waals surface area contributed by atoms with Gasteiger partial charge in [0, 0.05) is 19.1 Å². The van der Waals surface area contributed by atoms with Gasteiger partial charge < -0.3 is 4.74 Å². The summed E-state index contributed by atoms with van der Waals surface area (Å²) >= 11 is 0. The van der Waals surface area contributed by atoms with Crippen LogP contribution in [-0.4, -0.2) is 37.2 Å². The van der Waals surface area contributed by atoms with Crippen LogP contribution in [-0.2, 0) is 4.74 Å². The molecule has 0 N–H and O–H groups in total. The summed E-state index contributed by atoms with van der Waals surface area (Å²) in [7, 11) is 0. The molecule has 0 saturated carbocycles. The van der Waals surface area contributed by atoms with Crippen LogP contribution in [0.5, 0.6) is 0 Å². The highest BCUT2D eigenvalue weighted by molar-refractivity contribution is 4.72. The summed E-state index contributed by atoms with van der Waals surface area (Å²) in [6.45, 7) is 8.79. The van der Waals surface area contributed by atoms with Crippen molar-refractivity contribution >= 4 is 0 Å². The molecule has 1 aliphatic rings. The number of hydrogen-bond acceptors (Lipinski definition) is 2. The molecule has 1 heterocycles. The first-order chi connectivity index (χ1) is 8.88. The summed E-state index contributed by atoms with van der Waals surface area (Å²) in [5.41, 5.74) is 0. The highest BCUT2D eigenvalue weighted by Gasteiger charge is 2.18. The first-order valence-corrected chi connectivity index (χ1v) is 8.20. The molecule has 1 fully saturated rings. The molecule has 0 amide bonds. The molecule has 1 unspecified atom stereocenters. The maximum Gasteiger partial charge on any atom is 0.0594 e. The third-order valence-electron chi connectivity index (χ3n) is 4.17. The maximum absolute atomic E-state index is 5.43. The van der Waals surface area contributed by atoms with E-state index in [1.165, 1.54) is 57.8 Å². The van der Waals surface area contributed by atoms with Crippen LogP contribution in [0.4, 0.5) is 0 Å². The second-order valence-corrected chi connectivity index (χ2v) is 5.62. The largest absolute Gasteiger partial charge is 0.379 e. The van der Waals surface area contributed by atoms with E-state index in [0.29, 0.717) is 0 Å². The molecule has 2 heteroatoms. The zero-order valence-electron chi connectivity index (χ0n) is 12.6. The zero-order valence-corrected chi connectivity index (χ0v) is 12.6. The molecule has 0 radical (unpaired) electrons. The van der Waals surface area contributed by atoms with Crippen molar-refractivity contribution in [3.63, 3.8) is 0 Å². The monoisotopic (exact) mass is 255 g/mol. The van der Waals surface area contributed by atoms with Gasteiger partial charge in [-0.1, -0.05) is 58.8 Å². The van der Waals surface area contributed by atoms with E-state index in [1.54, 1.807) is 0 Å². The topological polar surface area (TPSA) is 12.5 Å². The molecule has 2 nitrogen and oxygen atoms in total. The van der Waals surface area contributed by atoms with Gasteiger partial charge in [-0.2, -0.15) is 0 Å². The molecule has 0 spiro atoms. The first-order valence-electron chi connectivity index (χ1n) is 8.20. The first kappa shape index (κ1) is 16.0. The van der Waals surface area contributed by atoms with Gasteiger partial charge in [0.1, 0.15) is 0 Å². The molecule has 1 rings (SSSR count). The molecule has 1 saturated heterocycles. The van der Waals surface area contributed by atoms with Gasteiger partial charge in [-0.3, -0.25) is 4.90 Å². The molecule has 18 heavy (non-hydrogen) atoms. The van der Waals surface area contributed by atoms with Crippen LogP contribution in [0.25, 0.3) is 0 Å². The zero-order chi connectivity index (χ0) is 13.1. The smallest absolute Gasteiger partial charge is 0.0594 e. The molecule has 0 aromatic carbocycles. The van der Waals surface area contributed by atoms with Crippen molar-refractivity contribution in [1.82, 2.24) is 4.90 Å². The fraction of sp³-hybridized carbons (Fsp3) is 1.00. The Morgan fingerprint density at radius 3 is 2.11 bits per heavy atom. The van der Waals surface area contributed by atoms with E-state index >= 15 is 0 Å². The lowest BCUT2D eigenvalue weighted by Gasteiger charge is -2.34. The van der Waals surface area contributed by atoms with Gasteiger partial charge in [0.05, 0.1) is 13.2 Å². The molecular weight excluding hydrogens is 222 g/mol. The number of hydrogen-bond donors (Lipinski definition) is 0. The summed E-state index contributed by atoms with van der Waals surface area (Å²) in [6.07, 6.45) is 12.7. The average Bonchev–Trinajstić information content (AvgIpc) is 2.43. The maximum atomic E-state index is 5.43. The fourth-order valence-electron chi connectivity index (χ4n) is 2.92. The normalized spacial score (nSPS) is 19.0. The van der Waals surface area contributed by atoms with Crippen molar-refractivity contribution in [2.45, 2.75) is 77.7 Å². The molecule has 0 bridgehead atoms. The van der Waals surface area contributed by atoms with E-state index in [0.717, 1.165) is 32.3 Å². The predicted molar refractivity (Wildman–Crippen MR) is 79.1 cm³/mol. The van der Waals surface area contributed by atoms with E-state index in [4.69, 9.17) is 4.74 Å². The van der Waals surface area contributed by atoms with Crippen LogP contribution < -0.4 is 0 Å². The van der Waals surface area contributed by atoms with Gasteiger partial charge in [0.2, 0.25) is 0 Å². The minimum atomic E-state index is 0.810. The minimum absolute atomic E-state index is 0.810. The van der Waals surface area contributed by atoms with Crippen LogP contribution in [0.3, 0.4) is 0 Å². The van der Waals surface area contributed by atoms with Gasteiger partial charge in [0.25, 0.3) is 0 Å². The van der Waals surface area contributed by atoms with E-state index in [9.17, 15) is 0 Å². The standard InChI is InChI=1S/C16H33NO/c1-3-5-6-7-8-9-10-11-16(4-2)17-12-14-18-15-13-17/h16H,3-15H2,1-2H3. The summed E-state index contributed by atoms with van der Waals surface area (Å²) < 4.78 is 5.43. The molecule has 1 atom stereocenters. The van der Waals surface area contributed by atoms with Crippen molar-refractivity contribution < 1.29 is 4.74 Å². The Morgan fingerprint density at radius 2 is 1.50 bits per heavy atom. The Bertz CT molecular complexity index is 178. The SMILES string of the molecule is CCCCCCCCCC(CC)N1CCOCC1. The molecular formula is C16H33NO. The van der Waals surface area contributed by atoms with E-state index in [-0.39, 0.29) is 0 Å². The summed E-state index contributed by atoms with van der Waals surface area (Å²) in [6, 6.07) is 0.810. The van der Waals surface area contributed by atoms with Gasteiger partial charge in [0.15, 0.2) is 0 Å². The number of ether oxygens (including phenoxy) is 1. The van der Waals surface area contributed by atoms with Gasteiger partial charge in [-0.25, -0.2) is 0 Å². The highest BCUT2D eigenvalue weighted by Crippen LogP contribution is 2.16. The van der Waals surface area contributed by atoms with Gasteiger partial charge in [-0.15, -0.1) is 0 Å². The third kappa shape index (κ3) is 6.75. The molecule has 108 valence electrons. The molecule has 0 aliphatic carbocycles. The van der Waals surface area contributed by atoms with Crippen LogP contribution >= 0.6 is 0 Å². The van der Waals surface area contributed by atoms with Crippen LogP contribution in [0.15, 0.2) is 0 Å². The second-order valence-electron chi connectivity index (χ2n) is 5.62. The fourth-order valence-corrected chi connectivity index (χ4v) is 2.92. The van der Waals surface area contributed by atoms with Gasteiger partial charge >= 0.3 is 0 Å². The highest BCUT2D eigenvalue weighted by atomic mass is 16.5. The van der Waals surface area contributed by atoms with Gasteiger partial charge in [-0.05, 0) is 12.8 Å². The third-order valence-corrected chi connectivity index (χ3v) is 4.17. The quantitative estimate of drug-likeness (QED) is 0.541. The Balaban J connectivity index is 2.00. The van der Waals surface area contributed by atoms with E-state index in [2.05, 4.69) is 18.7 Å². The number of morpholine rings is 1. The van der Waals surface area contributed by atoms with Crippen molar-refractivity contribution in [3.8, 4) is 0 Å². The van der Waals surface area contributed by atoms with E-state index in [1.807, 2.05) is 0 Å². The van der Waals surface area contributed by atoms with Crippen LogP contribution in [0, 0.1) is 0 Å². The Morgan fingerprint density at radius 1 is 0.889 bits per heavy atom. The van der Waals surface area contributed by atoms with Crippen molar-refractivity contribution in [2.75, 3.05) is 26.3 Å². The summed E-state index contributed by atoms with van der Waals surface area (Å²) in [4.78, 5) is 2.64. The van der Waals surface area contributed by atoms with Crippen LogP contribution in [0.1, 0.15) is 71.6 Å². The lowest BCUT2D eigenvalue weighted by molar-refractivity contribution is 0.0134. The molecule has 1 aliphatic heterocycles. The number of nitrogens with zero attached hydrogens (tertiary/aromatic N) is 1. The Labute approximate surface area is 114 Å². The Kier molecular flexibility index (Phi) is 9.59. The minimum Gasteiger partial charge on any atom is -0.379 e.